The van der Waals surface area contributed by atoms with Crippen LogP contribution in [0.2, 0.25) is 0 Å². The minimum absolute atomic E-state index is 0.0463. The summed E-state index contributed by atoms with van der Waals surface area (Å²) < 4.78 is 0. The standard InChI is InChI=1S/C15H26N2O2/c1-4-10-17-12(11(2)3)13(18)16-15(14(17)19)8-6-5-7-9-15/h11-12H,4-10H2,1-3H3,(H,16,18). The van der Waals surface area contributed by atoms with Crippen molar-refractivity contribution in [3.8, 4) is 0 Å². The lowest BCUT2D eigenvalue weighted by Crippen LogP contribution is -2.71. The van der Waals surface area contributed by atoms with Crippen molar-refractivity contribution in [1.82, 2.24) is 10.2 Å². The van der Waals surface area contributed by atoms with Crippen LogP contribution in [0.3, 0.4) is 0 Å². The van der Waals surface area contributed by atoms with Crippen molar-refractivity contribution in [1.29, 1.82) is 0 Å². The molecule has 0 aromatic heterocycles. The lowest BCUT2D eigenvalue weighted by Gasteiger charge is -2.48. The van der Waals surface area contributed by atoms with E-state index >= 15 is 0 Å². The molecule has 1 unspecified atom stereocenters. The molecule has 1 saturated carbocycles. The molecular formula is C15H26N2O2. The molecule has 4 nitrogen and oxygen atoms in total. The quantitative estimate of drug-likeness (QED) is 0.850. The van der Waals surface area contributed by atoms with Gasteiger partial charge in [0.15, 0.2) is 0 Å². The summed E-state index contributed by atoms with van der Waals surface area (Å²) in [6, 6.07) is -0.292. The van der Waals surface area contributed by atoms with E-state index in [2.05, 4.69) is 12.2 Å². The molecule has 1 atom stereocenters. The molecule has 0 bridgehead atoms. The Labute approximate surface area is 115 Å². The topological polar surface area (TPSA) is 49.4 Å². The maximum absolute atomic E-state index is 12.9. The first kappa shape index (κ1) is 14.4. The predicted molar refractivity (Wildman–Crippen MR) is 74.6 cm³/mol. The molecule has 19 heavy (non-hydrogen) atoms. The second kappa shape index (κ2) is 5.51. The molecule has 108 valence electrons. The van der Waals surface area contributed by atoms with Crippen molar-refractivity contribution in [2.24, 2.45) is 5.92 Å². The Hall–Kier alpha value is -1.06. The van der Waals surface area contributed by atoms with Gasteiger partial charge in [-0.1, -0.05) is 40.0 Å². The fraction of sp³-hybridized carbons (Fsp3) is 0.867. The highest BCUT2D eigenvalue weighted by Crippen LogP contribution is 2.34. The Morgan fingerprint density at radius 3 is 2.42 bits per heavy atom. The molecule has 0 aromatic rings. The zero-order chi connectivity index (χ0) is 14.0. The van der Waals surface area contributed by atoms with Gasteiger partial charge >= 0.3 is 0 Å². The van der Waals surface area contributed by atoms with Gasteiger partial charge in [-0.05, 0) is 25.2 Å². The molecule has 2 fully saturated rings. The Kier molecular flexibility index (Phi) is 4.16. The number of amides is 2. The summed E-state index contributed by atoms with van der Waals surface area (Å²) in [7, 11) is 0. The second-order valence-corrected chi connectivity index (χ2v) is 6.32. The summed E-state index contributed by atoms with van der Waals surface area (Å²) in [5.41, 5.74) is -0.587. The third kappa shape index (κ3) is 2.49. The van der Waals surface area contributed by atoms with Crippen molar-refractivity contribution in [2.45, 2.75) is 70.9 Å². The van der Waals surface area contributed by atoms with Gasteiger partial charge in [0.25, 0.3) is 0 Å². The van der Waals surface area contributed by atoms with E-state index in [4.69, 9.17) is 0 Å². The van der Waals surface area contributed by atoms with Crippen LogP contribution in [0.5, 0.6) is 0 Å². The minimum Gasteiger partial charge on any atom is -0.340 e. The maximum atomic E-state index is 12.9. The fourth-order valence-electron chi connectivity index (χ4n) is 3.54. The van der Waals surface area contributed by atoms with Gasteiger partial charge in [0, 0.05) is 6.54 Å². The summed E-state index contributed by atoms with van der Waals surface area (Å²) in [4.78, 5) is 27.1. The van der Waals surface area contributed by atoms with Gasteiger partial charge in [-0.3, -0.25) is 9.59 Å². The molecule has 1 aliphatic carbocycles. The van der Waals surface area contributed by atoms with Crippen molar-refractivity contribution >= 4 is 11.8 Å². The van der Waals surface area contributed by atoms with E-state index in [1.165, 1.54) is 6.42 Å². The van der Waals surface area contributed by atoms with Crippen molar-refractivity contribution in [3.63, 3.8) is 0 Å². The second-order valence-electron chi connectivity index (χ2n) is 6.32. The first-order chi connectivity index (χ1) is 9.02. The number of rotatable bonds is 3. The third-order valence-electron chi connectivity index (χ3n) is 4.44. The monoisotopic (exact) mass is 266 g/mol. The highest BCUT2D eigenvalue weighted by Gasteiger charge is 2.51. The molecule has 1 aliphatic heterocycles. The van der Waals surface area contributed by atoms with Crippen LogP contribution < -0.4 is 5.32 Å². The molecule has 2 amide bonds. The van der Waals surface area contributed by atoms with Crippen LogP contribution in [-0.2, 0) is 9.59 Å². The van der Waals surface area contributed by atoms with Gasteiger partial charge < -0.3 is 10.2 Å². The SMILES string of the molecule is CCCN1C(=O)C2(CCCCC2)NC(=O)C1C(C)C. The number of hydrogen-bond acceptors (Lipinski definition) is 2. The Bertz CT molecular complexity index is 359. The Morgan fingerprint density at radius 2 is 1.89 bits per heavy atom. The van der Waals surface area contributed by atoms with Crippen molar-refractivity contribution in [2.75, 3.05) is 6.54 Å². The number of piperazine rings is 1. The van der Waals surface area contributed by atoms with Gasteiger partial charge in [-0.2, -0.15) is 0 Å². The minimum atomic E-state index is -0.587. The highest BCUT2D eigenvalue weighted by molar-refractivity contribution is 6.00. The Balaban J connectivity index is 2.28. The maximum Gasteiger partial charge on any atom is 0.249 e. The first-order valence-corrected chi connectivity index (χ1v) is 7.65. The molecule has 1 heterocycles. The van der Waals surface area contributed by atoms with Crippen LogP contribution in [0.25, 0.3) is 0 Å². The van der Waals surface area contributed by atoms with Gasteiger partial charge in [0.2, 0.25) is 11.8 Å². The lowest BCUT2D eigenvalue weighted by atomic mass is 9.77. The summed E-state index contributed by atoms with van der Waals surface area (Å²) in [5, 5.41) is 3.07. The molecule has 0 aromatic carbocycles. The van der Waals surface area contributed by atoms with Gasteiger partial charge in [-0.15, -0.1) is 0 Å². The molecule has 0 radical (unpaired) electrons. The van der Waals surface area contributed by atoms with E-state index in [1.54, 1.807) is 0 Å². The van der Waals surface area contributed by atoms with Gasteiger partial charge in [0.05, 0.1) is 0 Å². The molecule has 4 heteroatoms. The van der Waals surface area contributed by atoms with Crippen LogP contribution in [0.4, 0.5) is 0 Å². The van der Waals surface area contributed by atoms with Gasteiger partial charge in [0.1, 0.15) is 11.6 Å². The molecule has 1 N–H and O–H groups in total. The smallest absolute Gasteiger partial charge is 0.249 e. The number of nitrogens with zero attached hydrogens (tertiary/aromatic N) is 1. The average molecular weight is 266 g/mol. The number of carbonyl (C=O) groups excluding carboxylic acids is 2. The number of nitrogens with one attached hydrogen (secondary N) is 1. The first-order valence-electron chi connectivity index (χ1n) is 7.65. The summed E-state index contributed by atoms with van der Waals surface area (Å²) in [6.45, 7) is 6.78. The highest BCUT2D eigenvalue weighted by atomic mass is 16.2. The van der Waals surface area contributed by atoms with Crippen molar-refractivity contribution in [3.05, 3.63) is 0 Å². The average Bonchev–Trinajstić information content (AvgIpc) is 2.36. The van der Waals surface area contributed by atoms with E-state index < -0.39 is 5.54 Å². The molecular weight excluding hydrogens is 240 g/mol. The van der Waals surface area contributed by atoms with Crippen LogP contribution in [-0.4, -0.2) is 34.8 Å². The zero-order valence-corrected chi connectivity index (χ0v) is 12.4. The van der Waals surface area contributed by atoms with Crippen LogP contribution in [0, 0.1) is 5.92 Å². The van der Waals surface area contributed by atoms with Crippen LogP contribution in [0.1, 0.15) is 59.3 Å². The zero-order valence-electron chi connectivity index (χ0n) is 12.4. The Morgan fingerprint density at radius 1 is 1.26 bits per heavy atom. The molecule has 1 spiro atoms. The summed E-state index contributed by atoms with van der Waals surface area (Å²) in [5.74, 6) is 0.369. The van der Waals surface area contributed by atoms with E-state index in [0.717, 1.165) is 32.1 Å². The predicted octanol–water partition coefficient (Wildman–Crippen LogP) is 2.08. The van der Waals surface area contributed by atoms with E-state index in [-0.39, 0.29) is 23.8 Å². The largest absolute Gasteiger partial charge is 0.340 e. The number of carbonyl (C=O) groups is 2. The van der Waals surface area contributed by atoms with Gasteiger partial charge in [-0.25, -0.2) is 0 Å². The van der Waals surface area contributed by atoms with Crippen molar-refractivity contribution < 1.29 is 9.59 Å². The molecule has 2 aliphatic rings. The van der Waals surface area contributed by atoms with E-state index in [1.807, 2.05) is 18.7 Å². The van der Waals surface area contributed by atoms with E-state index in [0.29, 0.717) is 6.54 Å². The number of hydrogen-bond donors (Lipinski definition) is 1. The summed E-state index contributed by atoms with van der Waals surface area (Å²) in [6.07, 6.45) is 5.77. The van der Waals surface area contributed by atoms with Crippen LogP contribution in [0.15, 0.2) is 0 Å². The van der Waals surface area contributed by atoms with E-state index in [9.17, 15) is 9.59 Å². The third-order valence-corrected chi connectivity index (χ3v) is 4.44. The fourth-order valence-corrected chi connectivity index (χ4v) is 3.54. The normalized spacial score (nSPS) is 26.9. The van der Waals surface area contributed by atoms with Crippen LogP contribution >= 0.6 is 0 Å². The summed E-state index contributed by atoms with van der Waals surface area (Å²) >= 11 is 0. The molecule has 2 rings (SSSR count). The lowest BCUT2D eigenvalue weighted by molar-refractivity contribution is -0.158. The molecule has 1 saturated heterocycles.